The molecule has 134 valence electrons. The molecule has 5 heteroatoms. The normalized spacial score (nSPS) is 16.6. The summed E-state index contributed by atoms with van der Waals surface area (Å²) in [5.41, 5.74) is 2.81. The molecule has 5 nitrogen and oxygen atoms in total. The van der Waals surface area contributed by atoms with Crippen molar-refractivity contribution >= 4 is 22.7 Å². The average Bonchev–Trinajstić information content (AvgIpc) is 2.97. The number of hydrogen-bond acceptors (Lipinski definition) is 3. The van der Waals surface area contributed by atoms with Crippen LogP contribution in [-0.4, -0.2) is 41.5 Å². The molecule has 0 radical (unpaired) electrons. The molecule has 1 aliphatic rings. The van der Waals surface area contributed by atoms with Crippen molar-refractivity contribution in [3.05, 3.63) is 29.5 Å². The lowest BCUT2D eigenvalue weighted by Gasteiger charge is -2.29. The van der Waals surface area contributed by atoms with Crippen molar-refractivity contribution in [3.63, 3.8) is 0 Å². The van der Waals surface area contributed by atoms with Crippen LogP contribution in [-0.2, 0) is 11.2 Å². The Balaban J connectivity index is 2.29. The molecule has 1 atom stereocenters. The minimum Gasteiger partial charge on any atom is -0.496 e. The monoisotopic (exact) mass is 342 g/mol. The number of hydrogen-bond donors (Lipinski definition) is 0. The van der Waals surface area contributed by atoms with Gasteiger partial charge < -0.3 is 9.64 Å². The highest BCUT2D eigenvalue weighted by Gasteiger charge is 2.35. The van der Waals surface area contributed by atoms with Crippen LogP contribution in [0.5, 0.6) is 5.75 Å². The summed E-state index contributed by atoms with van der Waals surface area (Å²) in [4.78, 5) is 27.4. The number of carbonyl (C=O) groups excluding carboxylic acids is 2. The lowest BCUT2D eigenvalue weighted by molar-refractivity contribution is -0.132. The van der Waals surface area contributed by atoms with Crippen molar-refractivity contribution in [1.29, 1.82) is 0 Å². The molecule has 0 saturated heterocycles. The van der Waals surface area contributed by atoms with Gasteiger partial charge in [0.2, 0.25) is 11.8 Å². The minimum atomic E-state index is -0.206. The number of likely N-dealkylation sites (N-methyl/N-ethyl adjacent to an activating group) is 1. The van der Waals surface area contributed by atoms with Crippen LogP contribution in [0.1, 0.15) is 55.6 Å². The van der Waals surface area contributed by atoms with Crippen molar-refractivity contribution < 1.29 is 14.3 Å². The van der Waals surface area contributed by atoms with E-state index in [9.17, 15) is 9.59 Å². The van der Waals surface area contributed by atoms with E-state index >= 15 is 0 Å². The van der Waals surface area contributed by atoms with Gasteiger partial charge in [0, 0.05) is 31.1 Å². The van der Waals surface area contributed by atoms with E-state index in [-0.39, 0.29) is 17.7 Å². The lowest BCUT2D eigenvalue weighted by Crippen LogP contribution is -2.36. The first-order valence-corrected chi connectivity index (χ1v) is 9.04. The zero-order valence-corrected chi connectivity index (χ0v) is 15.5. The second-order valence-electron chi connectivity index (χ2n) is 6.52. The van der Waals surface area contributed by atoms with Crippen LogP contribution in [0.3, 0.4) is 0 Å². The van der Waals surface area contributed by atoms with Crippen LogP contribution in [0.25, 0.3) is 10.9 Å². The number of ether oxygens (including phenoxy) is 1. The lowest BCUT2D eigenvalue weighted by atomic mass is 9.84. The first-order valence-electron chi connectivity index (χ1n) is 9.04. The molecule has 1 unspecified atom stereocenters. The van der Waals surface area contributed by atoms with Gasteiger partial charge in [0.1, 0.15) is 5.75 Å². The Labute approximate surface area is 148 Å². The van der Waals surface area contributed by atoms with Crippen molar-refractivity contribution in [2.45, 2.75) is 46.0 Å². The first kappa shape index (κ1) is 17.5. The third kappa shape index (κ3) is 2.71. The number of methoxy groups -OCH3 is 1. The first-order chi connectivity index (χ1) is 12.0. The van der Waals surface area contributed by atoms with E-state index in [1.807, 2.05) is 36.9 Å². The summed E-state index contributed by atoms with van der Waals surface area (Å²) in [5.74, 6) is 0.658. The van der Waals surface area contributed by atoms with Gasteiger partial charge in [-0.1, -0.05) is 6.07 Å². The Bertz CT molecular complexity index is 818. The topological polar surface area (TPSA) is 51.5 Å². The Morgan fingerprint density at radius 1 is 1.28 bits per heavy atom. The van der Waals surface area contributed by atoms with Gasteiger partial charge in [0.15, 0.2) is 0 Å². The molecule has 2 aromatic rings. The van der Waals surface area contributed by atoms with Gasteiger partial charge in [-0.3, -0.25) is 14.2 Å². The van der Waals surface area contributed by atoms with E-state index in [0.29, 0.717) is 13.1 Å². The smallest absolute Gasteiger partial charge is 0.230 e. The summed E-state index contributed by atoms with van der Waals surface area (Å²) in [6, 6.07) is 5.74. The van der Waals surface area contributed by atoms with E-state index in [2.05, 4.69) is 0 Å². The number of rotatable bonds is 4. The minimum absolute atomic E-state index is 0.0181. The Morgan fingerprint density at radius 2 is 2.00 bits per heavy atom. The van der Waals surface area contributed by atoms with Crippen LogP contribution in [0, 0.1) is 0 Å². The fraction of sp³-hybridized carbons (Fsp3) is 0.500. The van der Waals surface area contributed by atoms with Gasteiger partial charge in [-0.05, 0) is 50.8 Å². The van der Waals surface area contributed by atoms with Gasteiger partial charge >= 0.3 is 0 Å². The van der Waals surface area contributed by atoms with E-state index < -0.39 is 0 Å². The Kier molecular flexibility index (Phi) is 4.84. The van der Waals surface area contributed by atoms with Crippen LogP contribution >= 0.6 is 0 Å². The van der Waals surface area contributed by atoms with E-state index in [0.717, 1.165) is 47.2 Å². The van der Waals surface area contributed by atoms with Gasteiger partial charge in [0.05, 0.1) is 18.5 Å². The predicted octanol–water partition coefficient (Wildman–Crippen LogP) is 3.60. The third-order valence-corrected chi connectivity index (χ3v) is 5.26. The SMILES string of the molecule is CCN(CC)C(=O)C1CCCc2c1c1c(OC)cccc1n2C(C)=O. The quantitative estimate of drug-likeness (QED) is 0.853. The molecule has 0 fully saturated rings. The summed E-state index contributed by atoms with van der Waals surface area (Å²) < 4.78 is 7.35. The molecule has 1 aromatic carbocycles. The fourth-order valence-corrected chi connectivity index (χ4v) is 4.16. The number of fused-ring (bicyclic) bond motifs is 3. The average molecular weight is 342 g/mol. The summed E-state index contributed by atoms with van der Waals surface area (Å²) >= 11 is 0. The maximum absolute atomic E-state index is 13.1. The van der Waals surface area contributed by atoms with Crippen molar-refractivity contribution in [3.8, 4) is 5.75 Å². The largest absolute Gasteiger partial charge is 0.496 e. The molecule has 1 aromatic heterocycles. The van der Waals surface area contributed by atoms with Crippen molar-refractivity contribution in [1.82, 2.24) is 9.47 Å². The number of carbonyl (C=O) groups is 2. The zero-order chi connectivity index (χ0) is 18.1. The Hall–Kier alpha value is -2.30. The van der Waals surface area contributed by atoms with Crippen LogP contribution in [0.2, 0.25) is 0 Å². The van der Waals surface area contributed by atoms with E-state index in [1.54, 1.807) is 18.6 Å². The van der Waals surface area contributed by atoms with E-state index in [1.165, 1.54) is 0 Å². The molecule has 3 rings (SSSR count). The molecule has 1 heterocycles. The molecule has 25 heavy (non-hydrogen) atoms. The number of aromatic nitrogens is 1. The van der Waals surface area contributed by atoms with Crippen LogP contribution < -0.4 is 4.74 Å². The van der Waals surface area contributed by atoms with Gasteiger partial charge in [0.25, 0.3) is 0 Å². The zero-order valence-electron chi connectivity index (χ0n) is 15.5. The highest BCUT2D eigenvalue weighted by molar-refractivity contribution is 6.02. The van der Waals surface area contributed by atoms with Gasteiger partial charge in [-0.2, -0.15) is 0 Å². The predicted molar refractivity (Wildman–Crippen MR) is 98.4 cm³/mol. The van der Waals surface area contributed by atoms with Gasteiger partial charge in [-0.25, -0.2) is 0 Å². The van der Waals surface area contributed by atoms with E-state index in [4.69, 9.17) is 4.74 Å². The number of benzene rings is 1. The maximum atomic E-state index is 13.1. The molecular formula is C20H26N2O3. The molecular weight excluding hydrogens is 316 g/mol. The number of amides is 1. The molecule has 1 amide bonds. The third-order valence-electron chi connectivity index (χ3n) is 5.26. The summed E-state index contributed by atoms with van der Waals surface area (Å²) in [6.45, 7) is 6.98. The molecule has 0 spiro atoms. The second-order valence-corrected chi connectivity index (χ2v) is 6.52. The van der Waals surface area contributed by atoms with Gasteiger partial charge in [-0.15, -0.1) is 0 Å². The number of nitrogens with zero attached hydrogens (tertiary/aromatic N) is 2. The molecule has 0 bridgehead atoms. The Morgan fingerprint density at radius 3 is 2.60 bits per heavy atom. The fourth-order valence-electron chi connectivity index (χ4n) is 4.16. The van der Waals surface area contributed by atoms with Crippen LogP contribution in [0.15, 0.2) is 18.2 Å². The highest BCUT2D eigenvalue weighted by atomic mass is 16.5. The molecule has 1 aliphatic carbocycles. The summed E-state index contributed by atoms with van der Waals surface area (Å²) in [7, 11) is 1.64. The molecule has 0 aliphatic heterocycles. The van der Waals surface area contributed by atoms with Crippen molar-refractivity contribution in [2.24, 2.45) is 0 Å². The summed E-state index contributed by atoms with van der Waals surface area (Å²) in [6.07, 6.45) is 2.54. The highest BCUT2D eigenvalue weighted by Crippen LogP contribution is 2.43. The maximum Gasteiger partial charge on any atom is 0.230 e. The second kappa shape index (κ2) is 6.90. The summed E-state index contributed by atoms with van der Waals surface area (Å²) in [5, 5.41) is 0.917. The molecule has 0 N–H and O–H groups in total. The molecule has 0 saturated carbocycles. The van der Waals surface area contributed by atoms with Crippen molar-refractivity contribution in [2.75, 3.05) is 20.2 Å². The van der Waals surface area contributed by atoms with Crippen LogP contribution in [0.4, 0.5) is 0 Å². The standard InChI is InChI=1S/C20H26N2O3/c1-5-21(6-2)20(24)14-9-7-10-15-18(14)19-16(22(15)13(3)23)11-8-12-17(19)25-4/h8,11-12,14H,5-7,9-10H2,1-4H3.